The van der Waals surface area contributed by atoms with Crippen LogP contribution >= 0.6 is 0 Å². The molecule has 0 bridgehead atoms. The van der Waals surface area contributed by atoms with E-state index in [9.17, 15) is 10.2 Å². The predicted molar refractivity (Wildman–Crippen MR) is 129 cm³/mol. The van der Waals surface area contributed by atoms with Crippen LogP contribution < -0.4 is 0 Å². The van der Waals surface area contributed by atoms with Gasteiger partial charge >= 0.3 is 0 Å². The minimum Gasteiger partial charge on any atom is -0.385 e. The van der Waals surface area contributed by atoms with Gasteiger partial charge in [-0.05, 0) is 118 Å². The molecule has 3 heteroatoms. The quantitative estimate of drug-likeness (QED) is 0.516. The molecule has 0 saturated heterocycles. The van der Waals surface area contributed by atoms with Crippen LogP contribution in [-0.2, 0) is 4.74 Å². The van der Waals surface area contributed by atoms with Crippen LogP contribution in [0.15, 0.2) is 22.8 Å². The molecule has 3 nitrogen and oxygen atoms in total. The van der Waals surface area contributed by atoms with Gasteiger partial charge in [-0.25, -0.2) is 0 Å². The van der Waals surface area contributed by atoms with Crippen LogP contribution in [-0.4, -0.2) is 28.2 Å². The molecule has 0 aromatic rings. The first-order valence-corrected chi connectivity index (χ1v) is 13.9. The molecule has 5 fully saturated rings. The molecule has 1 heterocycles. The van der Waals surface area contributed by atoms with Gasteiger partial charge in [-0.3, -0.25) is 0 Å². The Morgan fingerprint density at radius 3 is 2.55 bits per heavy atom. The zero-order valence-corrected chi connectivity index (χ0v) is 21.5. The third-order valence-corrected chi connectivity index (χ3v) is 13.4. The average molecular weight is 453 g/mol. The Kier molecular flexibility index (Phi) is 4.05. The SMILES string of the molecule is CC1=C[C@@]2(O)C3C4C[C@@H]5[C@H](CC[C@]6(C)[C@@H]([C@H](C)C7CC(C)=C(C)C(O)O7)CC[C@@H]56)C(C)(C1)[C@@]432. The van der Waals surface area contributed by atoms with Crippen molar-refractivity contribution in [1.82, 2.24) is 0 Å². The van der Waals surface area contributed by atoms with Crippen molar-refractivity contribution < 1.29 is 14.9 Å². The van der Waals surface area contributed by atoms with E-state index in [0.29, 0.717) is 28.6 Å². The molecule has 182 valence electrons. The standard InChI is InChI=1S/C30H44O3/c1-15-13-28(6)22-9-10-27(5)20(18(4)24-11-16(2)17(3)26(31)33-24)7-8-21(27)19(22)12-23-25-29(32,14-15)30(23,25)28/h14,18-26,31-32H,7-13H2,1-6H3/t18-,19-,20+,21-,22-,23?,24?,25?,26?,27+,28?,29+,30+/m0/s1. The fourth-order valence-corrected chi connectivity index (χ4v) is 12.0. The Bertz CT molecular complexity index is 981. The van der Waals surface area contributed by atoms with Crippen LogP contribution in [0.1, 0.15) is 86.5 Å². The van der Waals surface area contributed by atoms with Gasteiger partial charge in [0.25, 0.3) is 0 Å². The van der Waals surface area contributed by atoms with Crippen molar-refractivity contribution in [3.63, 3.8) is 0 Å². The predicted octanol–water partition coefficient (Wildman–Crippen LogP) is 5.86. The molecule has 7 rings (SSSR count). The van der Waals surface area contributed by atoms with E-state index >= 15 is 0 Å². The highest BCUT2D eigenvalue weighted by Gasteiger charge is 3.01. The van der Waals surface area contributed by atoms with E-state index in [1.165, 1.54) is 49.7 Å². The van der Waals surface area contributed by atoms with Gasteiger partial charge in [-0.15, -0.1) is 0 Å². The molecule has 2 N–H and O–H groups in total. The zero-order chi connectivity index (χ0) is 23.3. The summed E-state index contributed by atoms with van der Waals surface area (Å²) in [6.07, 6.45) is 10.6. The van der Waals surface area contributed by atoms with Gasteiger partial charge in [0.15, 0.2) is 6.29 Å². The number of aliphatic hydroxyl groups is 2. The Balaban J connectivity index is 1.16. The Hall–Kier alpha value is -0.640. The average Bonchev–Trinajstić information content (AvgIpc) is 3.54. The number of aliphatic hydroxyl groups excluding tert-OH is 1. The maximum Gasteiger partial charge on any atom is 0.177 e. The monoisotopic (exact) mass is 452 g/mol. The normalized spacial score (nSPS) is 61.4. The van der Waals surface area contributed by atoms with Crippen LogP contribution in [0.3, 0.4) is 0 Å². The molecular weight excluding hydrogens is 408 g/mol. The maximum absolute atomic E-state index is 11.4. The lowest BCUT2D eigenvalue weighted by molar-refractivity contribution is -0.160. The molecule has 13 atom stereocenters. The van der Waals surface area contributed by atoms with E-state index in [2.05, 4.69) is 40.7 Å². The second kappa shape index (κ2) is 6.19. The summed E-state index contributed by atoms with van der Waals surface area (Å²) in [4.78, 5) is 0. The first-order chi connectivity index (χ1) is 15.5. The van der Waals surface area contributed by atoms with E-state index in [1.807, 2.05) is 6.92 Å². The minimum absolute atomic E-state index is 0.145. The summed E-state index contributed by atoms with van der Waals surface area (Å²) in [6.45, 7) is 14.1. The summed E-state index contributed by atoms with van der Waals surface area (Å²) in [6, 6.07) is 0. The molecule has 0 radical (unpaired) electrons. The fraction of sp³-hybridized carbons (Fsp3) is 0.867. The topological polar surface area (TPSA) is 49.7 Å². The Morgan fingerprint density at radius 1 is 1.06 bits per heavy atom. The van der Waals surface area contributed by atoms with E-state index in [0.717, 1.165) is 35.7 Å². The summed E-state index contributed by atoms with van der Waals surface area (Å²) in [5.74, 6) is 4.97. The van der Waals surface area contributed by atoms with Gasteiger partial charge in [0.05, 0.1) is 11.7 Å². The number of fused-ring (bicyclic) bond motifs is 6. The molecule has 5 unspecified atom stereocenters. The molecule has 0 amide bonds. The van der Waals surface area contributed by atoms with Gasteiger partial charge < -0.3 is 14.9 Å². The highest BCUT2D eigenvalue weighted by Crippen LogP contribution is 2.98. The fourth-order valence-electron chi connectivity index (χ4n) is 12.0. The van der Waals surface area contributed by atoms with E-state index in [1.54, 1.807) is 0 Å². The van der Waals surface area contributed by atoms with Gasteiger partial charge in [-0.1, -0.05) is 38.0 Å². The first-order valence-electron chi connectivity index (χ1n) is 13.9. The smallest absolute Gasteiger partial charge is 0.177 e. The molecule has 0 aromatic heterocycles. The minimum atomic E-state index is -0.718. The molecule has 6 aliphatic carbocycles. The third-order valence-electron chi connectivity index (χ3n) is 13.4. The lowest BCUT2D eigenvalue weighted by Gasteiger charge is -2.61. The van der Waals surface area contributed by atoms with Crippen LogP contribution in [0.2, 0.25) is 0 Å². The largest absolute Gasteiger partial charge is 0.385 e. The summed E-state index contributed by atoms with van der Waals surface area (Å²) in [5, 5.41) is 21.9. The van der Waals surface area contributed by atoms with Crippen molar-refractivity contribution in [3.05, 3.63) is 22.8 Å². The number of ether oxygens (including phenoxy) is 1. The number of allylic oxidation sites excluding steroid dienone is 1. The van der Waals surface area contributed by atoms with Crippen molar-refractivity contribution in [2.24, 2.45) is 57.7 Å². The van der Waals surface area contributed by atoms with Gasteiger partial charge in [0, 0.05) is 11.3 Å². The Morgan fingerprint density at radius 2 is 1.82 bits per heavy atom. The highest BCUT2D eigenvalue weighted by molar-refractivity contribution is 5.55. The van der Waals surface area contributed by atoms with Crippen LogP contribution in [0.25, 0.3) is 0 Å². The molecule has 7 aliphatic rings. The number of hydrogen-bond acceptors (Lipinski definition) is 3. The molecule has 1 aliphatic heterocycles. The van der Waals surface area contributed by atoms with Crippen molar-refractivity contribution in [2.45, 2.75) is 104 Å². The maximum atomic E-state index is 11.4. The summed E-state index contributed by atoms with van der Waals surface area (Å²) >= 11 is 0. The number of hydrogen-bond donors (Lipinski definition) is 2. The summed E-state index contributed by atoms with van der Waals surface area (Å²) in [5.41, 5.74) is 4.27. The molecule has 1 spiro atoms. The lowest BCUT2D eigenvalue weighted by atomic mass is 9.44. The van der Waals surface area contributed by atoms with Crippen LogP contribution in [0, 0.1) is 57.7 Å². The highest BCUT2D eigenvalue weighted by atomic mass is 16.6. The molecule has 5 saturated carbocycles. The second-order valence-electron chi connectivity index (χ2n) is 14.3. The molecular formula is C30H44O3. The Labute approximate surface area is 200 Å². The molecule has 33 heavy (non-hydrogen) atoms. The van der Waals surface area contributed by atoms with Crippen LogP contribution in [0.4, 0.5) is 0 Å². The van der Waals surface area contributed by atoms with E-state index in [4.69, 9.17) is 4.74 Å². The van der Waals surface area contributed by atoms with Crippen molar-refractivity contribution in [2.75, 3.05) is 0 Å². The lowest BCUT2D eigenvalue weighted by Crippen LogP contribution is -2.57. The molecule has 0 aromatic carbocycles. The summed E-state index contributed by atoms with van der Waals surface area (Å²) in [7, 11) is 0. The first kappa shape index (κ1) is 21.6. The van der Waals surface area contributed by atoms with E-state index < -0.39 is 11.9 Å². The summed E-state index contributed by atoms with van der Waals surface area (Å²) < 4.78 is 6.17. The van der Waals surface area contributed by atoms with Crippen molar-refractivity contribution >= 4 is 0 Å². The zero-order valence-electron chi connectivity index (χ0n) is 21.5. The van der Waals surface area contributed by atoms with Crippen LogP contribution in [0.5, 0.6) is 0 Å². The van der Waals surface area contributed by atoms with E-state index in [-0.39, 0.29) is 11.5 Å². The van der Waals surface area contributed by atoms with Crippen molar-refractivity contribution in [1.29, 1.82) is 0 Å². The third kappa shape index (κ3) is 2.22. The van der Waals surface area contributed by atoms with Gasteiger partial charge in [0.1, 0.15) is 0 Å². The number of rotatable bonds is 2. The second-order valence-corrected chi connectivity index (χ2v) is 14.3. The van der Waals surface area contributed by atoms with Gasteiger partial charge in [0.2, 0.25) is 0 Å². The van der Waals surface area contributed by atoms with Crippen molar-refractivity contribution in [3.8, 4) is 0 Å². The van der Waals surface area contributed by atoms with Gasteiger partial charge in [-0.2, -0.15) is 0 Å².